The van der Waals surface area contributed by atoms with Gasteiger partial charge in [0.1, 0.15) is 5.82 Å². The highest BCUT2D eigenvalue weighted by Crippen LogP contribution is 2.30. The smallest absolute Gasteiger partial charge is 0.211 e. The van der Waals surface area contributed by atoms with E-state index < -0.39 is 10.0 Å². The summed E-state index contributed by atoms with van der Waals surface area (Å²) in [7, 11) is -3.16. The van der Waals surface area contributed by atoms with Gasteiger partial charge in [-0.1, -0.05) is 30.3 Å². The number of nitrogens with zero attached hydrogens (tertiary/aromatic N) is 4. The molecule has 142 valence electrons. The van der Waals surface area contributed by atoms with Crippen LogP contribution < -0.4 is 4.90 Å². The number of rotatable bonds is 3. The van der Waals surface area contributed by atoms with Crippen molar-refractivity contribution < 1.29 is 8.42 Å². The van der Waals surface area contributed by atoms with Gasteiger partial charge in [0.2, 0.25) is 10.0 Å². The van der Waals surface area contributed by atoms with E-state index in [-0.39, 0.29) is 0 Å². The third-order valence-electron chi connectivity index (χ3n) is 5.04. The highest BCUT2D eigenvalue weighted by Gasteiger charge is 2.24. The van der Waals surface area contributed by atoms with E-state index in [9.17, 15) is 13.7 Å². The van der Waals surface area contributed by atoms with Crippen LogP contribution >= 0.6 is 0 Å². The normalized spacial score (nSPS) is 15.5. The molecule has 0 amide bonds. The number of piperazine rings is 1. The fourth-order valence-electron chi connectivity index (χ4n) is 3.55. The zero-order chi connectivity index (χ0) is 19.7. The first-order valence-corrected chi connectivity index (χ1v) is 10.9. The molecule has 1 aliphatic heterocycles. The van der Waals surface area contributed by atoms with Crippen LogP contribution in [0.1, 0.15) is 5.56 Å². The third-order valence-corrected chi connectivity index (χ3v) is 6.34. The van der Waals surface area contributed by atoms with Gasteiger partial charge in [-0.2, -0.15) is 9.57 Å². The minimum atomic E-state index is -3.16. The summed E-state index contributed by atoms with van der Waals surface area (Å²) in [6.45, 7) is 2.14. The van der Waals surface area contributed by atoms with Gasteiger partial charge in [0.25, 0.3) is 0 Å². The van der Waals surface area contributed by atoms with E-state index in [1.165, 1.54) is 10.6 Å². The fraction of sp³-hybridized carbons (Fsp3) is 0.238. The molecule has 4 rings (SSSR count). The Labute approximate surface area is 164 Å². The van der Waals surface area contributed by atoms with Crippen LogP contribution in [0.3, 0.4) is 0 Å². The standard InChI is InChI=1S/C21H20N4O2S/c1-28(26,27)25-12-10-24(11-13-25)20-9-8-17-5-3-7-19(21(17)23-20)18-6-2-4-16(14-18)15-22/h2-9,14H,10-13H2,1H3. The molecule has 2 aromatic carbocycles. The molecule has 6 nitrogen and oxygen atoms in total. The predicted octanol–water partition coefficient (Wildman–Crippen LogP) is 2.86. The Balaban J connectivity index is 1.70. The maximum absolute atomic E-state index is 11.7. The number of nitriles is 1. The van der Waals surface area contributed by atoms with Crippen molar-refractivity contribution in [3.8, 4) is 17.2 Å². The predicted molar refractivity (Wildman–Crippen MR) is 111 cm³/mol. The molecule has 0 atom stereocenters. The summed E-state index contributed by atoms with van der Waals surface area (Å²) in [5.74, 6) is 0.838. The van der Waals surface area contributed by atoms with E-state index in [4.69, 9.17) is 4.98 Å². The number of fused-ring (bicyclic) bond motifs is 1. The van der Waals surface area contributed by atoms with Crippen LogP contribution in [0.25, 0.3) is 22.0 Å². The second kappa shape index (κ2) is 7.23. The summed E-state index contributed by atoms with van der Waals surface area (Å²) < 4.78 is 25.0. The second-order valence-corrected chi connectivity index (χ2v) is 8.87. The molecule has 1 aliphatic rings. The quantitative estimate of drug-likeness (QED) is 0.685. The molecule has 0 radical (unpaired) electrons. The van der Waals surface area contributed by atoms with Gasteiger partial charge >= 0.3 is 0 Å². The molecule has 7 heteroatoms. The zero-order valence-electron chi connectivity index (χ0n) is 15.5. The average Bonchev–Trinajstić information content (AvgIpc) is 2.72. The van der Waals surface area contributed by atoms with Crippen molar-refractivity contribution >= 4 is 26.7 Å². The SMILES string of the molecule is CS(=O)(=O)N1CCN(c2ccc3cccc(-c4cccc(C#N)c4)c3n2)CC1. The summed E-state index contributed by atoms with van der Waals surface area (Å²) in [6.07, 6.45) is 1.25. The monoisotopic (exact) mass is 392 g/mol. The van der Waals surface area contributed by atoms with Crippen LogP contribution in [0.5, 0.6) is 0 Å². The summed E-state index contributed by atoms with van der Waals surface area (Å²) in [6, 6.07) is 19.7. The van der Waals surface area contributed by atoms with Gasteiger partial charge in [-0.15, -0.1) is 0 Å². The molecule has 0 spiro atoms. The van der Waals surface area contributed by atoms with Crippen molar-refractivity contribution in [1.82, 2.24) is 9.29 Å². The van der Waals surface area contributed by atoms with Crippen LogP contribution in [0.2, 0.25) is 0 Å². The molecule has 0 unspecified atom stereocenters. The minimum absolute atomic E-state index is 0.463. The maximum Gasteiger partial charge on any atom is 0.211 e. The molecular formula is C21H20N4O2S. The molecule has 28 heavy (non-hydrogen) atoms. The number of hydrogen-bond donors (Lipinski definition) is 0. The molecule has 0 bridgehead atoms. The molecular weight excluding hydrogens is 372 g/mol. The Kier molecular flexibility index (Phi) is 4.75. The molecule has 2 heterocycles. The Morgan fingerprint density at radius 3 is 2.46 bits per heavy atom. The van der Waals surface area contributed by atoms with E-state index in [1.54, 1.807) is 6.07 Å². The van der Waals surface area contributed by atoms with Gasteiger partial charge in [-0.25, -0.2) is 13.4 Å². The van der Waals surface area contributed by atoms with E-state index in [0.29, 0.717) is 31.7 Å². The lowest BCUT2D eigenvalue weighted by atomic mass is 10.0. The van der Waals surface area contributed by atoms with E-state index in [2.05, 4.69) is 11.0 Å². The van der Waals surface area contributed by atoms with Crippen molar-refractivity contribution in [2.45, 2.75) is 0 Å². The number of aromatic nitrogens is 1. The summed E-state index contributed by atoms with van der Waals surface area (Å²) in [5.41, 5.74) is 3.42. The van der Waals surface area contributed by atoms with Crippen molar-refractivity contribution in [2.24, 2.45) is 0 Å². The Hall–Kier alpha value is -2.95. The van der Waals surface area contributed by atoms with E-state index in [0.717, 1.165) is 27.8 Å². The molecule has 1 saturated heterocycles. The minimum Gasteiger partial charge on any atom is -0.354 e. The summed E-state index contributed by atoms with van der Waals surface area (Å²) in [5, 5.41) is 10.2. The second-order valence-electron chi connectivity index (χ2n) is 6.89. The first-order chi connectivity index (χ1) is 13.5. The lowest BCUT2D eigenvalue weighted by molar-refractivity contribution is 0.387. The third kappa shape index (κ3) is 3.57. The van der Waals surface area contributed by atoms with E-state index >= 15 is 0 Å². The Bertz CT molecular complexity index is 1180. The summed E-state index contributed by atoms with van der Waals surface area (Å²) in [4.78, 5) is 7.01. The largest absolute Gasteiger partial charge is 0.354 e. The lowest BCUT2D eigenvalue weighted by Crippen LogP contribution is -2.48. The van der Waals surface area contributed by atoms with Gasteiger partial charge in [-0.05, 0) is 29.8 Å². The van der Waals surface area contributed by atoms with Gasteiger partial charge in [0.15, 0.2) is 0 Å². The van der Waals surface area contributed by atoms with Crippen LogP contribution in [0.4, 0.5) is 5.82 Å². The van der Waals surface area contributed by atoms with Crippen molar-refractivity contribution in [1.29, 1.82) is 5.26 Å². The summed E-state index contributed by atoms with van der Waals surface area (Å²) >= 11 is 0. The fourth-order valence-corrected chi connectivity index (χ4v) is 4.38. The Morgan fingerprint density at radius 2 is 1.75 bits per heavy atom. The first kappa shape index (κ1) is 18.4. The van der Waals surface area contributed by atoms with Crippen LogP contribution in [0.15, 0.2) is 54.6 Å². The number of anilines is 1. The first-order valence-electron chi connectivity index (χ1n) is 9.06. The highest BCUT2D eigenvalue weighted by atomic mass is 32.2. The molecule has 1 aromatic heterocycles. The average molecular weight is 392 g/mol. The lowest BCUT2D eigenvalue weighted by Gasteiger charge is -2.34. The number of para-hydroxylation sites is 1. The number of sulfonamides is 1. The van der Waals surface area contributed by atoms with Gasteiger partial charge < -0.3 is 4.90 Å². The maximum atomic E-state index is 11.7. The van der Waals surface area contributed by atoms with Crippen LogP contribution in [-0.4, -0.2) is 50.1 Å². The highest BCUT2D eigenvalue weighted by molar-refractivity contribution is 7.88. The number of pyridine rings is 1. The van der Waals surface area contributed by atoms with Crippen molar-refractivity contribution in [3.63, 3.8) is 0 Å². The molecule has 0 saturated carbocycles. The van der Waals surface area contributed by atoms with Crippen LogP contribution in [0, 0.1) is 11.3 Å². The van der Waals surface area contributed by atoms with Crippen LogP contribution in [-0.2, 0) is 10.0 Å². The van der Waals surface area contributed by atoms with Crippen molar-refractivity contribution in [3.05, 3.63) is 60.2 Å². The topological polar surface area (TPSA) is 77.3 Å². The number of benzene rings is 2. The van der Waals surface area contributed by atoms with Gasteiger partial charge in [0, 0.05) is 37.1 Å². The number of hydrogen-bond acceptors (Lipinski definition) is 5. The molecule has 1 fully saturated rings. The van der Waals surface area contributed by atoms with Crippen molar-refractivity contribution in [2.75, 3.05) is 37.3 Å². The Morgan fingerprint density at radius 1 is 1.00 bits per heavy atom. The molecule has 0 aliphatic carbocycles. The molecule has 0 N–H and O–H groups in total. The zero-order valence-corrected chi connectivity index (χ0v) is 16.4. The molecule has 3 aromatic rings. The van der Waals surface area contributed by atoms with Gasteiger partial charge in [0.05, 0.1) is 23.4 Å². The van der Waals surface area contributed by atoms with Gasteiger partial charge in [-0.3, -0.25) is 0 Å². The van der Waals surface area contributed by atoms with E-state index in [1.807, 2.05) is 48.5 Å².